The van der Waals surface area contributed by atoms with E-state index in [1.165, 1.54) is 12.8 Å². The molecule has 2 rings (SSSR count). The Labute approximate surface area is 111 Å². The van der Waals surface area contributed by atoms with Crippen molar-refractivity contribution in [2.24, 2.45) is 5.92 Å². The first-order valence-electron chi connectivity index (χ1n) is 7.07. The van der Waals surface area contributed by atoms with Crippen molar-refractivity contribution in [1.82, 2.24) is 4.90 Å². The van der Waals surface area contributed by atoms with Crippen molar-refractivity contribution < 1.29 is 5.11 Å². The molecule has 0 aliphatic carbocycles. The van der Waals surface area contributed by atoms with E-state index in [9.17, 15) is 5.11 Å². The zero-order chi connectivity index (χ0) is 13.2. The Morgan fingerprint density at radius 1 is 1.39 bits per heavy atom. The van der Waals surface area contributed by atoms with E-state index in [-0.39, 0.29) is 5.41 Å². The number of rotatable bonds is 3. The van der Waals surface area contributed by atoms with Crippen LogP contribution in [0.1, 0.15) is 38.7 Å². The molecule has 1 fully saturated rings. The van der Waals surface area contributed by atoms with E-state index >= 15 is 0 Å². The molecule has 0 saturated carbocycles. The molecule has 2 nitrogen and oxygen atoms in total. The summed E-state index contributed by atoms with van der Waals surface area (Å²) in [6, 6.07) is 7.92. The molecule has 1 aromatic rings. The highest BCUT2D eigenvalue weighted by atomic mass is 16.3. The monoisotopic (exact) mass is 247 g/mol. The number of benzene rings is 1. The van der Waals surface area contributed by atoms with Crippen molar-refractivity contribution in [3.05, 3.63) is 29.8 Å². The Kier molecular flexibility index (Phi) is 3.96. The van der Waals surface area contributed by atoms with Gasteiger partial charge in [-0.15, -0.1) is 0 Å². The number of hydrogen-bond donors (Lipinski definition) is 1. The second kappa shape index (κ2) is 5.31. The van der Waals surface area contributed by atoms with Gasteiger partial charge >= 0.3 is 0 Å². The average molecular weight is 247 g/mol. The first-order chi connectivity index (χ1) is 8.60. The van der Waals surface area contributed by atoms with Gasteiger partial charge in [0.2, 0.25) is 0 Å². The zero-order valence-corrected chi connectivity index (χ0v) is 11.8. The fourth-order valence-electron chi connectivity index (χ4n) is 3.62. The summed E-state index contributed by atoms with van der Waals surface area (Å²) < 4.78 is 0. The highest BCUT2D eigenvalue weighted by Crippen LogP contribution is 2.46. The van der Waals surface area contributed by atoms with E-state index in [1.54, 1.807) is 0 Å². The summed E-state index contributed by atoms with van der Waals surface area (Å²) in [5.74, 6) is 1.06. The van der Waals surface area contributed by atoms with Gasteiger partial charge in [0.25, 0.3) is 0 Å². The number of aromatic hydroxyl groups is 1. The molecule has 1 heterocycles. The molecular formula is C16H25NO. The molecule has 1 aliphatic heterocycles. The van der Waals surface area contributed by atoms with Crippen molar-refractivity contribution in [3.63, 3.8) is 0 Å². The van der Waals surface area contributed by atoms with Crippen LogP contribution >= 0.6 is 0 Å². The SMILES string of the molecule is CCC[C@@]1(c2ccccc2O)CCN(C)C[C@H]1C. The third-order valence-electron chi connectivity index (χ3n) is 4.61. The molecular weight excluding hydrogens is 222 g/mol. The van der Waals surface area contributed by atoms with Crippen LogP contribution in [-0.2, 0) is 5.41 Å². The zero-order valence-electron chi connectivity index (χ0n) is 11.8. The molecule has 1 saturated heterocycles. The predicted octanol–water partition coefficient (Wildman–Crippen LogP) is 3.40. The molecule has 2 atom stereocenters. The third kappa shape index (κ3) is 2.26. The fourth-order valence-corrected chi connectivity index (χ4v) is 3.62. The molecule has 18 heavy (non-hydrogen) atoms. The lowest BCUT2D eigenvalue weighted by Gasteiger charge is -2.46. The standard InChI is InChI=1S/C16H25NO/c1-4-9-16(10-11-17(3)12-13(16)2)14-7-5-6-8-15(14)18/h5-8,13,18H,4,9-12H2,1-3H3/t13-,16-/m1/s1. The first-order valence-corrected chi connectivity index (χ1v) is 7.07. The number of nitrogens with zero attached hydrogens (tertiary/aromatic N) is 1. The lowest BCUT2D eigenvalue weighted by Crippen LogP contribution is -2.47. The highest BCUT2D eigenvalue weighted by molar-refractivity contribution is 5.39. The molecule has 0 amide bonds. The van der Waals surface area contributed by atoms with E-state index in [1.807, 2.05) is 12.1 Å². The fraction of sp³-hybridized carbons (Fsp3) is 0.625. The summed E-state index contributed by atoms with van der Waals surface area (Å²) in [6.07, 6.45) is 3.48. The largest absolute Gasteiger partial charge is 0.508 e. The van der Waals surface area contributed by atoms with Crippen molar-refractivity contribution in [2.75, 3.05) is 20.1 Å². The van der Waals surface area contributed by atoms with Crippen LogP contribution in [0.2, 0.25) is 0 Å². The summed E-state index contributed by atoms with van der Waals surface area (Å²) in [5, 5.41) is 10.2. The predicted molar refractivity (Wildman–Crippen MR) is 76.0 cm³/mol. The van der Waals surface area contributed by atoms with Gasteiger partial charge in [0.15, 0.2) is 0 Å². The minimum absolute atomic E-state index is 0.159. The number of piperidine rings is 1. The van der Waals surface area contributed by atoms with Crippen LogP contribution < -0.4 is 0 Å². The number of likely N-dealkylation sites (tertiary alicyclic amines) is 1. The van der Waals surface area contributed by atoms with E-state index in [0.29, 0.717) is 11.7 Å². The van der Waals surface area contributed by atoms with Crippen LogP contribution in [0.4, 0.5) is 0 Å². The van der Waals surface area contributed by atoms with E-state index in [2.05, 4.69) is 37.9 Å². The van der Waals surface area contributed by atoms with Crippen molar-refractivity contribution in [3.8, 4) is 5.75 Å². The van der Waals surface area contributed by atoms with Crippen molar-refractivity contribution in [2.45, 2.75) is 38.5 Å². The minimum atomic E-state index is 0.159. The van der Waals surface area contributed by atoms with Gasteiger partial charge in [-0.3, -0.25) is 0 Å². The van der Waals surface area contributed by atoms with E-state index in [4.69, 9.17) is 0 Å². The average Bonchev–Trinajstić information content (AvgIpc) is 2.34. The molecule has 0 spiro atoms. The maximum Gasteiger partial charge on any atom is 0.119 e. The Bertz CT molecular complexity index is 404. The Morgan fingerprint density at radius 2 is 2.11 bits per heavy atom. The molecule has 1 aliphatic rings. The van der Waals surface area contributed by atoms with Gasteiger partial charge in [0.1, 0.15) is 5.75 Å². The molecule has 0 radical (unpaired) electrons. The van der Waals surface area contributed by atoms with E-state index in [0.717, 1.165) is 25.1 Å². The van der Waals surface area contributed by atoms with Crippen LogP contribution in [0.5, 0.6) is 5.75 Å². The third-order valence-corrected chi connectivity index (χ3v) is 4.61. The van der Waals surface area contributed by atoms with E-state index < -0.39 is 0 Å². The number of hydrogen-bond acceptors (Lipinski definition) is 2. The molecule has 0 unspecified atom stereocenters. The lowest BCUT2D eigenvalue weighted by molar-refractivity contribution is 0.110. The Balaban J connectivity index is 2.41. The van der Waals surface area contributed by atoms with Crippen LogP contribution in [0.25, 0.3) is 0 Å². The topological polar surface area (TPSA) is 23.5 Å². The van der Waals surface area contributed by atoms with Gasteiger partial charge in [0.05, 0.1) is 0 Å². The lowest BCUT2D eigenvalue weighted by atomic mass is 9.64. The van der Waals surface area contributed by atoms with Crippen LogP contribution in [0.3, 0.4) is 0 Å². The highest BCUT2D eigenvalue weighted by Gasteiger charge is 2.41. The van der Waals surface area contributed by atoms with Crippen molar-refractivity contribution in [1.29, 1.82) is 0 Å². The smallest absolute Gasteiger partial charge is 0.119 e. The second-order valence-corrected chi connectivity index (χ2v) is 5.84. The molecule has 1 N–H and O–H groups in total. The molecule has 1 aromatic carbocycles. The second-order valence-electron chi connectivity index (χ2n) is 5.84. The summed E-state index contributed by atoms with van der Waals surface area (Å²) in [7, 11) is 2.19. The quantitative estimate of drug-likeness (QED) is 0.885. The maximum absolute atomic E-state index is 10.2. The summed E-state index contributed by atoms with van der Waals surface area (Å²) in [6.45, 7) is 6.82. The normalized spacial score (nSPS) is 29.4. The van der Waals surface area contributed by atoms with Gasteiger partial charge in [-0.2, -0.15) is 0 Å². The number of para-hydroxylation sites is 1. The van der Waals surface area contributed by atoms with Gasteiger partial charge in [0, 0.05) is 17.5 Å². The van der Waals surface area contributed by atoms with Crippen LogP contribution in [0, 0.1) is 5.92 Å². The molecule has 0 aromatic heterocycles. The summed E-state index contributed by atoms with van der Waals surface area (Å²) in [5.41, 5.74) is 1.32. The molecule has 100 valence electrons. The van der Waals surface area contributed by atoms with Gasteiger partial charge < -0.3 is 10.0 Å². The summed E-state index contributed by atoms with van der Waals surface area (Å²) in [4.78, 5) is 2.40. The summed E-state index contributed by atoms with van der Waals surface area (Å²) >= 11 is 0. The first kappa shape index (κ1) is 13.4. The van der Waals surface area contributed by atoms with Gasteiger partial charge in [-0.05, 0) is 38.4 Å². The Morgan fingerprint density at radius 3 is 2.72 bits per heavy atom. The minimum Gasteiger partial charge on any atom is -0.508 e. The van der Waals surface area contributed by atoms with Crippen molar-refractivity contribution >= 4 is 0 Å². The van der Waals surface area contributed by atoms with Gasteiger partial charge in [-0.1, -0.05) is 38.5 Å². The molecule has 2 heteroatoms. The maximum atomic E-state index is 10.2. The Hall–Kier alpha value is -1.02. The molecule has 0 bridgehead atoms. The van der Waals surface area contributed by atoms with Crippen LogP contribution in [-0.4, -0.2) is 30.1 Å². The van der Waals surface area contributed by atoms with Gasteiger partial charge in [-0.25, -0.2) is 0 Å². The number of phenolic OH excluding ortho intramolecular Hbond substituents is 1. The number of phenols is 1. The van der Waals surface area contributed by atoms with Crippen LogP contribution in [0.15, 0.2) is 24.3 Å².